The van der Waals surface area contributed by atoms with Gasteiger partial charge in [0.15, 0.2) is 0 Å². The first-order chi connectivity index (χ1) is 7.24. The van der Waals surface area contributed by atoms with Gasteiger partial charge in [-0.1, -0.05) is 18.2 Å². The van der Waals surface area contributed by atoms with Crippen molar-refractivity contribution in [3.05, 3.63) is 29.3 Å². The maximum atomic E-state index is 3.25. The molecule has 1 N–H and O–H groups in total. The van der Waals surface area contributed by atoms with Crippen LogP contribution >= 0.6 is 0 Å². The number of fused-ring (bicyclic) bond motifs is 1. The highest BCUT2D eigenvalue weighted by atomic mass is 15.2. The quantitative estimate of drug-likeness (QED) is 0.812. The molecule has 15 heavy (non-hydrogen) atoms. The summed E-state index contributed by atoms with van der Waals surface area (Å²) in [6.07, 6.45) is 1.20. The average Bonchev–Trinajstić information content (AvgIpc) is 2.62. The van der Waals surface area contributed by atoms with E-state index in [9.17, 15) is 0 Å². The third kappa shape index (κ3) is 1.86. The van der Waals surface area contributed by atoms with Gasteiger partial charge in [-0.15, -0.1) is 0 Å². The van der Waals surface area contributed by atoms with Crippen LogP contribution in [-0.4, -0.2) is 19.6 Å². The van der Waals surface area contributed by atoms with Gasteiger partial charge in [0.2, 0.25) is 0 Å². The lowest BCUT2D eigenvalue weighted by atomic mass is 10.1. The van der Waals surface area contributed by atoms with Crippen molar-refractivity contribution < 1.29 is 0 Å². The van der Waals surface area contributed by atoms with Crippen LogP contribution in [-0.2, 0) is 13.0 Å². The largest absolute Gasteiger partial charge is 0.368 e. The summed E-state index contributed by atoms with van der Waals surface area (Å²) in [6.45, 7) is 6.68. The Kier molecular flexibility index (Phi) is 2.96. The highest BCUT2D eigenvalue weighted by molar-refractivity contribution is 5.63. The lowest BCUT2D eigenvalue weighted by molar-refractivity contribution is 0.703. The van der Waals surface area contributed by atoms with E-state index in [0.29, 0.717) is 6.04 Å². The van der Waals surface area contributed by atoms with Gasteiger partial charge in [0, 0.05) is 24.8 Å². The normalized spacial score (nSPS) is 14.8. The van der Waals surface area contributed by atoms with Crippen LogP contribution in [0.2, 0.25) is 0 Å². The molecule has 2 nitrogen and oxygen atoms in total. The SMILES string of the molecule is CNCc1cccc2c1N(C(C)C)CC2. The van der Waals surface area contributed by atoms with Crippen LogP contribution in [0.25, 0.3) is 0 Å². The van der Waals surface area contributed by atoms with Crippen LogP contribution in [0.5, 0.6) is 0 Å². The summed E-state index contributed by atoms with van der Waals surface area (Å²) < 4.78 is 0. The molecular weight excluding hydrogens is 184 g/mol. The summed E-state index contributed by atoms with van der Waals surface area (Å²) in [5.41, 5.74) is 4.42. The van der Waals surface area contributed by atoms with Crippen LogP contribution < -0.4 is 10.2 Å². The van der Waals surface area contributed by atoms with E-state index in [0.717, 1.165) is 6.54 Å². The van der Waals surface area contributed by atoms with Gasteiger partial charge < -0.3 is 10.2 Å². The molecule has 1 aromatic rings. The van der Waals surface area contributed by atoms with E-state index in [1.165, 1.54) is 29.8 Å². The molecule has 0 atom stereocenters. The molecule has 0 spiro atoms. The van der Waals surface area contributed by atoms with Crippen molar-refractivity contribution in [2.75, 3.05) is 18.5 Å². The summed E-state index contributed by atoms with van der Waals surface area (Å²) in [4.78, 5) is 2.52. The molecule has 0 bridgehead atoms. The molecule has 0 saturated carbocycles. The smallest absolute Gasteiger partial charge is 0.0447 e. The van der Waals surface area contributed by atoms with Gasteiger partial charge in [0.1, 0.15) is 0 Å². The Morgan fingerprint density at radius 3 is 2.87 bits per heavy atom. The zero-order chi connectivity index (χ0) is 10.8. The second-order valence-corrected chi connectivity index (χ2v) is 4.49. The minimum atomic E-state index is 0.601. The summed E-state index contributed by atoms with van der Waals surface area (Å²) in [5, 5.41) is 3.25. The lowest BCUT2D eigenvalue weighted by Crippen LogP contribution is -2.29. The number of para-hydroxylation sites is 1. The molecule has 0 saturated heterocycles. The van der Waals surface area contributed by atoms with E-state index < -0.39 is 0 Å². The van der Waals surface area contributed by atoms with E-state index in [1.807, 2.05) is 7.05 Å². The fourth-order valence-electron chi connectivity index (χ4n) is 2.42. The summed E-state index contributed by atoms with van der Waals surface area (Å²) in [7, 11) is 2.01. The lowest BCUT2D eigenvalue weighted by Gasteiger charge is -2.26. The molecule has 2 rings (SSSR count). The van der Waals surface area contributed by atoms with Crippen molar-refractivity contribution in [2.24, 2.45) is 0 Å². The summed E-state index contributed by atoms with van der Waals surface area (Å²) in [5.74, 6) is 0. The molecule has 2 heteroatoms. The van der Waals surface area contributed by atoms with Crippen LogP contribution in [0.15, 0.2) is 18.2 Å². The molecule has 0 aliphatic carbocycles. The van der Waals surface area contributed by atoms with Gasteiger partial charge in [-0.3, -0.25) is 0 Å². The van der Waals surface area contributed by atoms with Crippen molar-refractivity contribution >= 4 is 5.69 Å². The Bertz CT molecular complexity index is 344. The number of hydrogen-bond donors (Lipinski definition) is 1. The average molecular weight is 204 g/mol. The fourth-order valence-corrected chi connectivity index (χ4v) is 2.42. The van der Waals surface area contributed by atoms with Gasteiger partial charge in [-0.2, -0.15) is 0 Å². The maximum absolute atomic E-state index is 3.25. The molecule has 82 valence electrons. The first-order valence-electron chi connectivity index (χ1n) is 5.76. The molecule has 0 unspecified atom stereocenters. The van der Waals surface area contributed by atoms with E-state index in [2.05, 4.69) is 42.3 Å². The number of nitrogens with zero attached hydrogens (tertiary/aromatic N) is 1. The number of rotatable bonds is 3. The third-order valence-electron chi connectivity index (χ3n) is 3.10. The first kappa shape index (κ1) is 10.5. The van der Waals surface area contributed by atoms with E-state index in [-0.39, 0.29) is 0 Å². The van der Waals surface area contributed by atoms with E-state index >= 15 is 0 Å². The summed E-state index contributed by atoms with van der Waals surface area (Å²) >= 11 is 0. The molecule has 0 radical (unpaired) electrons. The maximum Gasteiger partial charge on any atom is 0.0447 e. The Labute approximate surface area is 92.3 Å². The minimum Gasteiger partial charge on any atom is -0.368 e. The highest BCUT2D eigenvalue weighted by Gasteiger charge is 2.23. The van der Waals surface area contributed by atoms with Crippen LogP contribution in [0.3, 0.4) is 0 Å². The monoisotopic (exact) mass is 204 g/mol. The molecule has 1 aliphatic heterocycles. The van der Waals surface area contributed by atoms with Crippen LogP contribution in [0.4, 0.5) is 5.69 Å². The number of anilines is 1. The van der Waals surface area contributed by atoms with E-state index in [4.69, 9.17) is 0 Å². The second kappa shape index (κ2) is 4.23. The molecule has 0 aromatic heterocycles. The Morgan fingerprint density at radius 2 is 2.20 bits per heavy atom. The van der Waals surface area contributed by atoms with Crippen LogP contribution in [0, 0.1) is 0 Å². The topological polar surface area (TPSA) is 15.3 Å². The second-order valence-electron chi connectivity index (χ2n) is 4.49. The van der Waals surface area contributed by atoms with Gasteiger partial charge in [-0.25, -0.2) is 0 Å². The summed E-state index contributed by atoms with van der Waals surface area (Å²) in [6, 6.07) is 7.27. The zero-order valence-electron chi connectivity index (χ0n) is 9.88. The molecule has 1 heterocycles. The Balaban J connectivity index is 2.39. The molecule has 1 aliphatic rings. The first-order valence-corrected chi connectivity index (χ1v) is 5.76. The number of benzene rings is 1. The number of nitrogens with one attached hydrogen (secondary N) is 1. The third-order valence-corrected chi connectivity index (χ3v) is 3.10. The molecule has 0 fully saturated rings. The molecule has 0 amide bonds. The van der Waals surface area contributed by atoms with Crippen molar-refractivity contribution in [2.45, 2.75) is 32.9 Å². The van der Waals surface area contributed by atoms with Crippen molar-refractivity contribution in [3.63, 3.8) is 0 Å². The molecule has 1 aromatic carbocycles. The number of hydrogen-bond acceptors (Lipinski definition) is 2. The molecular formula is C13H20N2. The fraction of sp³-hybridized carbons (Fsp3) is 0.538. The Morgan fingerprint density at radius 1 is 1.40 bits per heavy atom. The standard InChI is InChI=1S/C13H20N2/c1-10(2)15-8-7-11-5-4-6-12(9-14-3)13(11)15/h4-6,10,14H,7-9H2,1-3H3. The van der Waals surface area contributed by atoms with Gasteiger partial charge in [0.05, 0.1) is 0 Å². The van der Waals surface area contributed by atoms with Crippen molar-refractivity contribution in [1.82, 2.24) is 5.32 Å². The van der Waals surface area contributed by atoms with E-state index in [1.54, 1.807) is 0 Å². The predicted molar refractivity (Wildman–Crippen MR) is 65.4 cm³/mol. The van der Waals surface area contributed by atoms with Crippen molar-refractivity contribution in [1.29, 1.82) is 0 Å². The van der Waals surface area contributed by atoms with Gasteiger partial charge in [-0.05, 0) is 38.4 Å². The van der Waals surface area contributed by atoms with Crippen molar-refractivity contribution in [3.8, 4) is 0 Å². The Hall–Kier alpha value is -1.02. The highest BCUT2D eigenvalue weighted by Crippen LogP contribution is 2.33. The van der Waals surface area contributed by atoms with Crippen LogP contribution in [0.1, 0.15) is 25.0 Å². The predicted octanol–water partition coefficient (Wildman–Crippen LogP) is 2.18. The van der Waals surface area contributed by atoms with Gasteiger partial charge in [0.25, 0.3) is 0 Å². The zero-order valence-corrected chi connectivity index (χ0v) is 9.88. The minimum absolute atomic E-state index is 0.601. The van der Waals surface area contributed by atoms with Gasteiger partial charge >= 0.3 is 0 Å².